The number of aryl methyl sites for hydroxylation is 1. The van der Waals surface area contributed by atoms with E-state index < -0.39 is 16.1 Å². The van der Waals surface area contributed by atoms with E-state index in [1.165, 1.54) is 6.07 Å². The van der Waals surface area contributed by atoms with E-state index in [9.17, 15) is 13.2 Å². The second kappa shape index (κ2) is 9.41. The number of amides is 1. The first-order valence-electron chi connectivity index (χ1n) is 9.99. The van der Waals surface area contributed by atoms with Crippen molar-refractivity contribution in [2.24, 2.45) is 0 Å². The van der Waals surface area contributed by atoms with E-state index in [4.69, 9.17) is 4.74 Å². The average Bonchev–Trinajstić information content (AvgIpc) is 3.24. The van der Waals surface area contributed by atoms with Gasteiger partial charge < -0.3 is 9.64 Å². The quantitative estimate of drug-likeness (QED) is 0.718. The second-order valence-corrected chi connectivity index (χ2v) is 8.97. The van der Waals surface area contributed by atoms with Crippen molar-refractivity contribution in [3.05, 3.63) is 59.7 Å². The number of likely N-dealkylation sites (tertiary alicyclic amines) is 1. The van der Waals surface area contributed by atoms with Crippen molar-refractivity contribution in [2.75, 3.05) is 19.7 Å². The number of rotatable bonds is 8. The van der Waals surface area contributed by atoms with Crippen LogP contribution in [0.2, 0.25) is 0 Å². The Balaban J connectivity index is 1.85. The fourth-order valence-electron chi connectivity index (χ4n) is 3.55. The molecule has 0 aliphatic carbocycles. The minimum absolute atomic E-state index is 0.130. The number of carbonyl (C=O) groups is 1. The van der Waals surface area contributed by atoms with Gasteiger partial charge in [-0.3, -0.25) is 4.79 Å². The van der Waals surface area contributed by atoms with E-state index in [-0.39, 0.29) is 10.8 Å². The van der Waals surface area contributed by atoms with E-state index in [0.29, 0.717) is 31.9 Å². The van der Waals surface area contributed by atoms with E-state index in [0.717, 1.165) is 24.0 Å². The number of carbonyl (C=O) groups excluding carboxylic acids is 1. The second-order valence-electron chi connectivity index (χ2n) is 7.26. The zero-order chi connectivity index (χ0) is 20.9. The van der Waals surface area contributed by atoms with Crippen LogP contribution in [0.4, 0.5) is 0 Å². The highest BCUT2D eigenvalue weighted by Gasteiger charge is 2.31. The molecule has 0 spiro atoms. The maximum Gasteiger partial charge on any atom is 0.241 e. The third-order valence-electron chi connectivity index (χ3n) is 5.05. The van der Waals surface area contributed by atoms with Gasteiger partial charge in [-0.15, -0.1) is 0 Å². The number of nitrogens with zero attached hydrogens (tertiary/aromatic N) is 1. The number of hydrogen-bond donors (Lipinski definition) is 1. The van der Waals surface area contributed by atoms with Gasteiger partial charge in [0.15, 0.2) is 0 Å². The number of hydrogen-bond acceptors (Lipinski definition) is 4. The van der Waals surface area contributed by atoms with Gasteiger partial charge in [0.25, 0.3) is 0 Å². The van der Waals surface area contributed by atoms with Crippen LogP contribution in [0, 0.1) is 6.92 Å². The third kappa shape index (κ3) is 5.36. The maximum atomic E-state index is 13.1. The largest absolute Gasteiger partial charge is 0.494 e. The highest BCUT2D eigenvalue weighted by atomic mass is 32.2. The normalized spacial score (nSPS) is 15.3. The van der Waals surface area contributed by atoms with Gasteiger partial charge in [0.1, 0.15) is 11.8 Å². The van der Waals surface area contributed by atoms with Crippen molar-refractivity contribution in [2.45, 2.75) is 44.0 Å². The molecule has 156 valence electrons. The monoisotopic (exact) mass is 416 g/mol. The lowest BCUT2D eigenvalue weighted by molar-refractivity contribution is -0.131. The molecule has 0 saturated carbocycles. The molecule has 1 fully saturated rings. The summed E-state index contributed by atoms with van der Waals surface area (Å²) in [5.74, 6) is 0.484. The predicted molar refractivity (Wildman–Crippen MR) is 112 cm³/mol. The van der Waals surface area contributed by atoms with Crippen LogP contribution >= 0.6 is 0 Å². The zero-order valence-corrected chi connectivity index (χ0v) is 17.7. The van der Waals surface area contributed by atoms with E-state index in [1.54, 1.807) is 24.0 Å². The molecule has 7 heteroatoms. The van der Waals surface area contributed by atoms with Crippen molar-refractivity contribution in [1.29, 1.82) is 0 Å². The molecule has 1 atom stereocenters. The van der Waals surface area contributed by atoms with E-state index >= 15 is 0 Å². The molecule has 1 N–H and O–H groups in total. The Morgan fingerprint density at radius 2 is 1.83 bits per heavy atom. The Bertz CT molecular complexity index is 939. The van der Waals surface area contributed by atoms with Gasteiger partial charge in [-0.25, -0.2) is 8.42 Å². The molecule has 1 aliphatic rings. The van der Waals surface area contributed by atoms with Crippen LogP contribution in [0.3, 0.4) is 0 Å². The minimum atomic E-state index is -3.86. The third-order valence-corrected chi connectivity index (χ3v) is 6.52. The van der Waals surface area contributed by atoms with Crippen LogP contribution in [0.5, 0.6) is 5.75 Å². The molecule has 0 aromatic heterocycles. The molecule has 1 heterocycles. The summed E-state index contributed by atoms with van der Waals surface area (Å²) in [4.78, 5) is 14.9. The summed E-state index contributed by atoms with van der Waals surface area (Å²) in [6.07, 6.45) is 2.22. The number of ether oxygens (including phenoxy) is 1. The Kier molecular flexibility index (Phi) is 6.92. The molecule has 2 aromatic rings. The summed E-state index contributed by atoms with van der Waals surface area (Å²) in [5, 5.41) is 0. The molecule has 1 saturated heterocycles. The van der Waals surface area contributed by atoms with Gasteiger partial charge in [0.2, 0.25) is 15.9 Å². The first kappa shape index (κ1) is 21.3. The smallest absolute Gasteiger partial charge is 0.241 e. The molecule has 6 nitrogen and oxygen atoms in total. The van der Waals surface area contributed by atoms with Crippen molar-refractivity contribution in [1.82, 2.24) is 9.62 Å². The number of sulfonamides is 1. The Morgan fingerprint density at radius 1 is 1.14 bits per heavy atom. The standard InChI is InChI=1S/C22H28N2O4S/c1-3-28-21-12-11-19(15-17(21)2)29(26,27)23-20(16-18-9-5-4-6-10-18)22(25)24-13-7-8-14-24/h4-6,9-12,15,20,23H,3,7-8,13-14,16H2,1-2H3. The molecule has 2 aromatic carbocycles. The fraction of sp³-hybridized carbons (Fsp3) is 0.409. The SMILES string of the molecule is CCOc1ccc(S(=O)(=O)NC(Cc2ccccc2)C(=O)N2CCCC2)cc1C. The average molecular weight is 417 g/mol. The van der Waals surface area contributed by atoms with Gasteiger partial charge >= 0.3 is 0 Å². The van der Waals surface area contributed by atoms with Gasteiger partial charge in [-0.05, 0) is 62.4 Å². The lowest BCUT2D eigenvalue weighted by atomic mass is 10.1. The van der Waals surface area contributed by atoms with Crippen molar-refractivity contribution in [3.63, 3.8) is 0 Å². The highest BCUT2D eigenvalue weighted by molar-refractivity contribution is 7.89. The number of nitrogens with one attached hydrogen (secondary N) is 1. The first-order chi connectivity index (χ1) is 13.9. The van der Waals surface area contributed by atoms with Crippen LogP contribution in [0.1, 0.15) is 30.9 Å². The van der Waals surface area contributed by atoms with Crippen LogP contribution in [0.15, 0.2) is 53.4 Å². The van der Waals surface area contributed by atoms with Gasteiger partial charge in [-0.2, -0.15) is 4.72 Å². The van der Waals surface area contributed by atoms with Crippen LogP contribution in [-0.4, -0.2) is 45.0 Å². The van der Waals surface area contributed by atoms with Gasteiger partial charge in [0.05, 0.1) is 11.5 Å². The van der Waals surface area contributed by atoms with E-state index in [1.807, 2.05) is 37.3 Å². The summed E-state index contributed by atoms with van der Waals surface area (Å²) in [6.45, 7) is 5.54. The molecular weight excluding hydrogens is 388 g/mol. The first-order valence-corrected chi connectivity index (χ1v) is 11.5. The molecule has 0 radical (unpaired) electrons. The maximum absolute atomic E-state index is 13.1. The molecular formula is C22H28N2O4S. The molecule has 1 amide bonds. The van der Waals surface area contributed by atoms with E-state index in [2.05, 4.69) is 4.72 Å². The van der Waals surface area contributed by atoms with Crippen molar-refractivity contribution in [3.8, 4) is 5.75 Å². The summed E-state index contributed by atoms with van der Waals surface area (Å²) in [5.41, 5.74) is 1.65. The Hall–Kier alpha value is -2.38. The minimum Gasteiger partial charge on any atom is -0.494 e. The van der Waals surface area contributed by atoms with Gasteiger partial charge in [-0.1, -0.05) is 30.3 Å². The molecule has 3 rings (SSSR count). The van der Waals surface area contributed by atoms with Crippen LogP contribution in [0.25, 0.3) is 0 Å². The summed E-state index contributed by atoms with van der Waals surface area (Å²) >= 11 is 0. The van der Waals surface area contributed by atoms with Crippen LogP contribution < -0.4 is 9.46 Å². The lowest BCUT2D eigenvalue weighted by Gasteiger charge is -2.24. The number of benzene rings is 2. The summed E-state index contributed by atoms with van der Waals surface area (Å²) in [6, 6.07) is 13.4. The lowest BCUT2D eigenvalue weighted by Crippen LogP contribution is -2.48. The Labute approximate surface area is 172 Å². The topological polar surface area (TPSA) is 75.7 Å². The predicted octanol–water partition coefficient (Wildman–Crippen LogP) is 2.91. The summed E-state index contributed by atoms with van der Waals surface area (Å²) in [7, 11) is -3.86. The molecule has 29 heavy (non-hydrogen) atoms. The Morgan fingerprint density at radius 3 is 2.45 bits per heavy atom. The molecule has 1 unspecified atom stereocenters. The van der Waals surface area contributed by atoms with Crippen LogP contribution in [-0.2, 0) is 21.2 Å². The molecule has 1 aliphatic heterocycles. The fourth-order valence-corrected chi connectivity index (χ4v) is 4.82. The summed E-state index contributed by atoms with van der Waals surface area (Å²) < 4.78 is 34.2. The van der Waals surface area contributed by atoms with Gasteiger partial charge in [0, 0.05) is 13.1 Å². The highest BCUT2D eigenvalue weighted by Crippen LogP contribution is 2.22. The molecule has 0 bridgehead atoms. The van der Waals surface area contributed by atoms with Crippen molar-refractivity contribution >= 4 is 15.9 Å². The van der Waals surface area contributed by atoms with Crippen molar-refractivity contribution < 1.29 is 17.9 Å². The zero-order valence-electron chi connectivity index (χ0n) is 16.9.